The Kier molecular flexibility index (Phi) is 4.55. The second kappa shape index (κ2) is 6.68. The maximum absolute atomic E-state index is 13.8. The number of fused-ring (bicyclic) bond motifs is 1. The summed E-state index contributed by atoms with van der Waals surface area (Å²) >= 11 is 0. The van der Waals surface area contributed by atoms with Gasteiger partial charge in [0, 0.05) is 19.1 Å². The van der Waals surface area contributed by atoms with Gasteiger partial charge in [0.15, 0.2) is 4.90 Å². The van der Waals surface area contributed by atoms with E-state index >= 15 is 0 Å². The van der Waals surface area contributed by atoms with Crippen LogP contribution >= 0.6 is 0 Å². The van der Waals surface area contributed by atoms with Gasteiger partial charge < -0.3 is 0 Å². The third-order valence-corrected chi connectivity index (χ3v) is 8.03. The first-order valence-electron chi connectivity index (χ1n) is 8.58. The molecule has 11 heteroatoms. The molecule has 2 aromatic rings. The molecule has 0 bridgehead atoms. The lowest BCUT2D eigenvalue weighted by molar-refractivity contribution is 0.514. The molecule has 1 saturated carbocycles. The number of halogens is 2. The van der Waals surface area contributed by atoms with Crippen molar-refractivity contribution in [2.45, 2.75) is 23.8 Å². The highest BCUT2D eigenvalue weighted by Crippen LogP contribution is 2.46. The first-order valence-corrected chi connectivity index (χ1v) is 11.5. The lowest BCUT2D eigenvalue weighted by Crippen LogP contribution is -2.42. The van der Waals surface area contributed by atoms with Crippen LogP contribution < -0.4 is 13.3 Å². The smallest absolute Gasteiger partial charge is 0.250 e. The van der Waals surface area contributed by atoms with E-state index in [1.807, 2.05) is 0 Å². The number of nitrogens with zero attached hydrogens (tertiary/aromatic N) is 2. The Morgan fingerprint density at radius 2 is 1.61 bits per heavy atom. The fraction of sp³-hybridized carbons (Fsp3) is 0.294. The number of para-hydroxylation sites is 2. The Labute approximate surface area is 161 Å². The normalized spacial score (nSPS) is 18.4. The van der Waals surface area contributed by atoms with Crippen molar-refractivity contribution < 1.29 is 25.6 Å². The molecule has 1 N–H and O–H groups in total. The number of anilines is 2. The van der Waals surface area contributed by atoms with E-state index in [0.29, 0.717) is 11.4 Å². The average molecular weight is 429 g/mol. The van der Waals surface area contributed by atoms with Gasteiger partial charge in [0.2, 0.25) is 10.0 Å². The fourth-order valence-electron chi connectivity index (χ4n) is 3.24. The van der Waals surface area contributed by atoms with Gasteiger partial charge in [0.05, 0.1) is 11.4 Å². The molecule has 0 saturated heterocycles. The number of benzene rings is 2. The number of hydrogen-bond donors (Lipinski definition) is 1. The van der Waals surface area contributed by atoms with Crippen molar-refractivity contribution in [3.8, 4) is 0 Å². The maximum atomic E-state index is 13.8. The van der Waals surface area contributed by atoms with Crippen LogP contribution in [0.2, 0.25) is 0 Å². The zero-order valence-electron chi connectivity index (χ0n) is 14.5. The molecule has 0 amide bonds. The molecule has 1 heterocycles. The van der Waals surface area contributed by atoms with Crippen molar-refractivity contribution in [1.29, 1.82) is 0 Å². The zero-order valence-corrected chi connectivity index (χ0v) is 16.2. The molecule has 2 aliphatic rings. The molecule has 150 valence electrons. The average Bonchev–Trinajstić information content (AvgIpc) is 3.40. The molecular formula is C17H17F2N3O4S2. The quantitative estimate of drug-likeness (QED) is 0.761. The summed E-state index contributed by atoms with van der Waals surface area (Å²) in [5.74, 6) is -2.43. The van der Waals surface area contributed by atoms with Crippen LogP contribution in [0.4, 0.5) is 20.2 Å². The fourth-order valence-corrected chi connectivity index (χ4v) is 6.32. The molecular weight excluding hydrogens is 412 g/mol. The van der Waals surface area contributed by atoms with Gasteiger partial charge >= 0.3 is 10.2 Å². The van der Waals surface area contributed by atoms with Gasteiger partial charge in [-0.15, -0.1) is 0 Å². The lowest BCUT2D eigenvalue weighted by atomic mass is 10.2. The van der Waals surface area contributed by atoms with E-state index in [9.17, 15) is 25.6 Å². The summed E-state index contributed by atoms with van der Waals surface area (Å²) in [5, 5.41) is 0. The van der Waals surface area contributed by atoms with Crippen LogP contribution in [-0.2, 0) is 20.2 Å². The summed E-state index contributed by atoms with van der Waals surface area (Å²) in [4.78, 5) is -1.08. The summed E-state index contributed by atoms with van der Waals surface area (Å²) in [7, 11) is -8.32. The van der Waals surface area contributed by atoms with Crippen LogP contribution in [0, 0.1) is 11.6 Å². The SMILES string of the molecule is O=S(=O)(NCCN1c2ccccc2N(C2CC2)S1(=O)=O)c1c(F)cccc1F. The molecule has 1 fully saturated rings. The minimum Gasteiger partial charge on any atom is -0.250 e. The zero-order chi connectivity index (χ0) is 20.1. The Morgan fingerprint density at radius 1 is 1.00 bits per heavy atom. The highest BCUT2D eigenvalue weighted by atomic mass is 32.2. The summed E-state index contributed by atoms with van der Waals surface area (Å²) in [6, 6.07) is 9.40. The highest BCUT2D eigenvalue weighted by molar-refractivity contribution is 7.94. The van der Waals surface area contributed by atoms with E-state index in [1.165, 1.54) is 4.31 Å². The monoisotopic (exact) mass is 429 g/mol. The standard InChI is InChI=1S/C17H17F2N3O4S2/c18-13-4-3-5-14(19)17(13)27(23,24)20-10-11-21-15-6-1-2-7-16(15)22(12-8-9-12)28(21,25)26/h1-7,12,20H,8-11H2. The first-order chi connectivity index (χ1) is 13.2. The second-order valence-corrected chi connectivity index (χ2v) is 9.98. The van der Waals surface area contributed by atoms with Crippen LogP contribution in [0.25, 0.3) is 0 Å². The number of rotatable bonds is 6. The van der Waals surface area contributed by atoms with Crippen LogP contribution in [0.3, 0.4) is 0 Å². The van der Waals surface area contributed by atoms with Crippen molar-refractivity contribution in [2.75, 3.05) is 21.7 Å². The molecule has 0 aromatic heterocycles. The molecule has 0 atom stereocenters. The van der Waals surface area contributed by atoms with Gasteiger partial charge in [-0.05, 0) is 37.1 Å². The molecule has 0 unspecified atom stereocenters. The maximum Gasteiger partial charge on any atom is 0.326 e. The molecule has 0 spiro atoms. The molecule has 4 rings (SSSR count). The Bertz CT molecular complexity index is 1110. The third kappa shape index (κ3) is 3.12. The Hall–Kier alpha value is -2.24. The third-order valence-electron chi connectivity index (χ3n) is 4.59. The number of hydrogen-bond acceptors (Lipinski definition) is 4. The minimum atomic E-state index is -4.48. The topological polar surface area (TPSA) is 86.8 Å². The van der Waals surface area contributed by atoms with Crippen molar-refractivity contribution in [2.24, 2.45) is 0 Å². The van der Waals surface area contributed by atoms with E-state index in [0.717, 1.165) is 35.3 Å². The van der Waals surface area contributed by atoms with E-state index in [4.69, 9.17) is 0 Å². The Balaban J connectivity index is 1.55. The molecule has 7 nitrogen and oxygen atoms in total. The minimum absolute atomic E-state index is 0.0969. The molecule has 2 aromatic carbocycles. The molecule has 1 aliphatic carbocycles. The number of sulfonamides is 1. The second-order valence-electron chi connectivity index (χ2n) is 6.54. The molecule has 28 heavy (non-hydrogen) atoms. The first kappa shape index (κ1) is 19.1. The largest absolute Gasteiger partial charge is 0.326 e. The van der Waals surface area contributed by atoms with Gasteiger partial charge in [-0.1, -0.05) is 18.2 Å². The van der Waals surface area contributed by atoms with Crippen LogP contribution in [-0.4, -0.2) is 36.0 Å². The predicted molar refractivity (Wildman–Crippen MR) is 99.8 cm³/mol. The van der Waals surface area contributed by atoms with Crippen molar-refractivity contribution in [3.63, 3.8) is 0 Å². The van der Waals surface area contributed by atoms with Gasteiger partial charge in [-0.25, -0.2) is 30.5 Å². The van der Waals surface area contributed by atoms with Gasteiger partial charge in [-0.2, -0.15) is 8.42 Å². The van der Waals surface area contributed by atoms with Crippen LogP contribution in [0.15, 0.2) is 47.4 Å². The van der Waals surface area contributed by atoms with E-state index in [-0.39, 0.29) is 19.1 Å². The predicted octanol–water partition coefficient (Wildman–Crippen LogP) is 1.98. The van der Waals surface area contributed by atoms with E-state index in [2.05, 4.69) is 4.72 Å². The van der Waals surface area contributed by atoms with Crippen molar-refractivity contribution in [1.82, 2.24) is 4.72 Å². The summed E-state index contributed by atoms with van der Waals surface area (Å²) < 4.78 is 82.5. The Morgan fingerprint density at radius 3 is 2.21 bits per heavy atom. The molecule has 1 aliphatic heterocycles. The van der Waals surface area contributed by atoms with Gasteiger partial charge in [0.25, 0.3) is 0 Å². The van der Waals surface area contributed by atoms with Crippen molar-refractivity contribution in [3.05, 3.63) is 54.1 Å². The summed E-state index contributed by atoms with van der Waals surface area (Å²) in [5.41, 5.74) is 0.999. The van der Waals surface area contributed by atoms with E-state index < -0.39 is 36.8 Å². The molecule has 0 radical (unpaired) electrons. The van der Waals surface area contributed by atoms with E-state index in [1.54, 1.807) is 24.3 Å². The number of nitrogens with one attached hydrogen (secondary N) is 1. The van der Waals surface area contributed by atoms with Crippen molar-refractivity contribution >= 4 is 31.6 Å². The van der Waals surface area contributed by atoms with Crippen LogP contribution in [0.5, 0.6) is 0 Å². The highest BCUT2D eigenvalue weighted by Gasteiger charge is 2.47. The van der Waals surface area contributed by atoms with Crippen LogP contribution in [0.1, 0.15) is 12.8 Å². The lowest BCUT2D eigenvalue weighted by Gasteiger charge is -2.21. The van der Waals surface area contributed by atoms with Gasteiger partial charge in [-0.3, -0.25) is 0 Å². The summed E-state index contributed by atoms with van der Waals surface area (Å²) in [6.07, 6.45) is 1.53. The van der Waals surface area contributed by atoms with Gasteiger partial charge in [0.1, 0.15) is 11.6 Å². The summed E-state index contributed by atoms with van der Waals surface area (Å²) in [6.45, 7) is -0.556.